The molecule has 1 fully saturated rings. The number of phenols is 1. The van der Waals surface area contributed by atoms with E-state index in [4.69, 9.17) is 19.3 Å². The first kappa shape index (κ1) is 28.4. The van der Waals surface area contributed by atoms with Crippen LogP contribution in [0.15, 0.2) is 60.4 Å². The quantitative estimate of drug-likeness (QED) is 0.158. The molecule has 0 aromatic heterocycles. The Labute approximate surface area is 217 Å². The maximum absolute atomic E-state index is 12.1. The maximum Gasteiger partial charge on any atom is 0.335 e. The fraction of sp³-hybridized carbons (Fsp3) is 0.259. The SMILES string of the molecule is COc1cc(/C=C/C(=O)C=C(O)/C=C/c2ccc(O[C@@H]3O[C@H](C(=O)O)[C@@H](O)[C@H](O)[C@H]3O)c(C)c2)ccc1O. The molecule has 0 aliphatic carbocycles. The minimum atomic E-state index is -1.82. The standard InChI is InChI=1S/C27H28O11/c1-14-11-15(6-10-20(14)37-27-24(33)22(31)23(32)25(38-27)26(34)35)3-7-17(28)13-18(29)8-4-16-5-9-19(30)21(12-16)36-2/h3-13,22-25,27-28,30-33H,1-2H3,(H,34,35)/b7-3+,8-4+,17-13?/t22-,23-,24+,25-,27+/m0/s1. The average molecular weight is 529 g/mol. The van der Waals surface area contributed by atoms with Gasteiger partial charge in [-0.05, 0) is 60.0 Å². The number of carbonyl (C=O) groups excluding carboxylic acids is 1. The van der Waals surface area contributed by atoms with Gasteiger partial charge >= 0.3 is 5.97 Å². The van der Waals surface area contributed by atoms with Crippen molar-refractivity contribution in [3.05, 3.63) is 77.1 Å². The van der Waals surface area contributed by atoms with Crippen molar-refractivity contribution in [3.63, 3.8) is 0 Å². The molecule has 0 spiro atoms. The Morgan fingerprint density at radius 3 is 2.21 bits per heavy atom. The molecule has 0 radical (unpaired) electrons. The minimum absolute atomic E-state index is 0.0288. The largest absolute Gasteiger partial charge is 0.508 e. The number of hydrogen-bond donors (Lipinski definition) is 6. The van der Waals surface area contributed by atoms with Crippen LogP contribution >= 0.6 is 0 Å². The lowest BCUT2D eigenvalue weighted by molar-refractivity contribution is -0.271. The monoisotopic (exact) mass is 528 g/mol. The van der Waals surface area contributed by atoms with Crippen LogP contribution in [0.2, 0.25) is 0 Å². The number of carboxylic acids is 1. The van der Waals surface area contributed by atoms with E-state index < -0.39 is 42.5 Å². The summed E-state index contributed by atoms with van der Waals surface area (Å²) in [6.45, 7) is 1.67. The van der Waals surface area contributed by atoms with E-state index in [0.717, 1.165) is 6.08 Å². The van der Waals surface area contributed by atoms with E-state index in [1.165, 1.54) is 43.5 Å². The molecule has 0 saturated carbocycles. The number of aliphatic hydroxyl groups is 4. The second kappa shape index (κ2) is 12.4. The zero-order chi connectivity index (χ0) is 28.0. The van der Waals surface area contributed by atoms with Gasteiger partial charge in [0, 0.05) is 6.08 Å². The van der Waals surface area contributed by atoms with E-state index in [-0.39, 0.29) is 23.0 Å². The molecule has 6 N–H and O–H groups in total. The molecule has 1 heterocycles. The number of aryl methyl sites for hydroxylation is 1. The van der Waals surface area contributed by atoms with Crippen LogP contribution in [0.5, 0.6) is 17.2 Å². The summed E-state index contributed by atoms with van der Waals surface area (Å²) in [5.41, 5.74) is 1.80. The van der Waals surface area contributed by atoms with Crippen molar-refractivity contribution >= 4 is 23.9 Å². The van der Waals surface area contributed by atoms with Crippen molar-refractivity contribution in [1.29, 1.82) is 0 Å². The number of aliphatic hydroxyl groups excluding tert-OH is 4. The summed E-state index contributed by atoms with van der Waals surface area (Å²) >= 11 is 0. The highest BCUT2D eigenvalue weighted by Crippen LogP contribution is 2.28. The number of phenolic OH excluding ortho intramolecular Hbond substituents is 1. The van der Waals surface area contributed by atoms with Crippen molar-refractivity contribution < 1.29 is 54.4 Å². The average Bonchev–Trinajstić information content (AvgIpc) is 2.88. The first-order valence-electron chi connectivity index (χ1n) is 11.4. The number of ketones is 1. The predicted octanol–water partition coefficient (Wildman–Crippen LogP) is 1.72. The number of methoxy groups -OCH3 is 1. The molecule has 11 heteroatoms. The number of carboxylic acid groups (broad SMARTS) is 1. The number of aliphatic carboxylic acids is 1. The molecule has 0 unspecified atom stereocenters. The highest BCUT2D eigenvalue weighted by molar-refractivity contribution is 6.02. The van der Waals surface area contributed by atoms with Crippen LogP contribution in [0.1, 0.15) is 16.7 Å². The molecule has 0 amide bonds. The number of ether oxygens (including phenoxy) is 3. The number of benzene rings is 2. The molecule has 1 aliphatic heterocycles. The molecule has 2 aromatic rings. The molecule has 2 aromatic carbocycles. The first-order chi connectivity index (χ1) is 18.0. The third-order valence-electron chi connectivity index (χ3n) is 5.64. The normalized spacial score (nSPS) is 24.0. The Hall–Kier alpha value is -4.16. The third-order valence-corrected chi connectivity index (χ3v) is 5.64. The summed E-state index contributed by atoms with van der Waals surface area (Å²) in [7, 11) is 1.41. The summed E-state index contributed by atoms with van der Waals surface area (Å²) in [6.07, 6.45) is -1.99. The lowest BCUT2D eigenvalue weighted by Gasteiger charge is -2.38. The van der Waals surface area contributed by atoms with Gasteiger partial charge in [-0.15, -0.1) is 0 Å². The fourth-order valence-corrected chi connectivity index (χ4v) is 3.58. The molecule has 202 valence electrons. The second-order valence-electron chi connectivity index (χ2n) is 8.45. The Morgan fingerprint density at radius 1 is 0.895 bits per heavy atom. The van der Waals surface area contributed by atoms with Crippen molar-refractivity contribution in [2.24, 2.45) is 0 Å². The zero-order valence-corrected chi connectivity index (χ0v) is 20.5. The molecule has 3 rings (SSSR count). The first-order valence-corrected chi connectivity index (χ1v) is 11.4. The van der Waals surface area contributed by atoms with E-state index in [0.29, 0.717) is 16.7 Å². The van der Waals surface area contributed by atoms with E-state index in [2.05, 4.69) is 0 Å². The number of allylic oxidation sites excluding steroid dienone is 3. The summed E-state index contributed by atoms with van der Waals surface area (Å²) < 4.78 is 15.7. The number of aromatic hydroxyl groups is 1. The lowest BCUT2D eigenvalue weighted by atomic mass is 9.99. The van der Waals surface area contributed by atoms with Crippen LogP contribution in [0.4, 0.5) is 0 Å². The highest BCUT2D eigenvalue weighted by atomic mass is 16.7. The molecular formula is C27H28O11. The van der Waals surface area contributed by atoms with E-state index in [1.807, 2.05) is 0 Å². The van der Waals surface area contributed by atoms with E-state index in [9.17, 15) is 35.1 Å². The maximum atomic E-state index is 12.1. The van der Waals surface area contributed by atoms with Crippen molar-refractivity contribution in [2.45, 2.75) is 37.6 Å². The topological polar surface area (TPSA) is 183 Å². The molecule has 1 aliphatic rings. The van der Waals surface area contributed by atoms with Gasteiger partial charge in [0.1, 0.15) is 29.8 Å². The predicted molar refractivity (Wildman–Crippen MR) is 135 cm³/mol. The Kier molecular flexibility index (Phi) is 9.26. The third kappa shape index (κ3) is 6.99. The molecular weight excluding hydrogens is 500 g/mol. The molecule has 5 atom stereocenters. The van der Waals surface area contributed by atoms with Crippen molar-refractivity contribution in [3.8, 4) is 17.2 Å². The van der Waals surface area contributed by atoms with Gasteiger partial charge in [0.15, 0.2) is 23.4 Å². The van der Waals surface area contributed by atoms with Gasteiger partial charge in [-0.1, -0.05) is 24.3 Å². The molecule has 1 saturated heterocycles. The van der Waals surface area contributed by atoms with Gasteiger partial charge in [0.2, 0.25) is 6.29 Å². The second-order valence-corrected chi connectivity index (χ2v) is 8.45. The Bertz CT molecular complexity index is 1260. The van der Waals surface area contributed by atoms with Crippen LogP contribution in [-0.2, 0) is 14.3 Å². The summed E-state index contributed by atoms with van der Waals surface area (Å²) in [6, 6.07) is 9.35. The number of hydrogen-bond acceptors (Lipinski definition) is 10. The fourth-order valence-electron chi connectivity index (χ4n) is 3.58. The van der Waals surface area contributed by atoms with Crippen molar-refractivity contribution in [2.75, 3.05) is 7.11 Å². The minimum Gasteiger partial charge on any atom is -0.508 e. The van der Waals surface area contributed by atoms with Gasteiger partial charge in [0.05, 0.1) is 7.11 Å². The molecule has 11 nitrogen and oxygen atoms in total. The summed E-state index contributed by atoms with van der Waals surface area (Å²) in [5, 5.41) is 58.7. The van der Waals surface area contributed by atoms with Crippen LogP contribution in [0.25, 0.3) is 12.2 Å². The van der Waals surface area contributed by atoms with Crippen LogP contribution in [0, 0.1) is 6.92 Å². The van der Waals surface area contributed by atoms with Crippen molar-refractivity contribution in [1.82, 2.24) is 0 Å². The van der Waals surface area contributed by atoms with Gasteiger partial charge in [-0.25, -0.2) is 4.79 Å². The van der Waals surface area contributed by atoms with Crippen LogP contribution in [-0.4, -0.2) is 80.2 Å². The van der Waals surface area contributed by atoms with Gasteiger partial charge in [-0.3, -0.25) is 4.79 Å². The highest BCUT2D eigenvalue weighted by Gasteiger charge is 2.48. The smallest absolute Gasteiger partial charge is 0.335 e. The lowest BCUT2D eigenvalue weighted by Crippen LogP contribution is -2.61. The van der Waals surface area contributed by atoms with E-state index >= 15 is 0 Å². The number of rotatable bonds is 9. The van der Waals surface area contributed by atoms with Crippen LogP contribution < -0.4 is 9.47 Å². The summed E-state index contributed by atoms with van der Waals surface area (Å²) in [4.78, 5) is 23.4. The Balaban J connectivity index is 1.64. The molecule has 38 heavy (non-hydrogen) atoms. The number of carbonyl (C=O) groups is 2. The van der Waals surface area contributed by atoms with Gasteiger partial charge in [0.25, 0.3) is 0 Å². The van der Waals surface area contributed by atoms with Gasteiger partial charge in [-0.2, -0.15) is 0 Å². The van der Waals surface area contributed by atoms with Crippen LogP contribution in [0.3, 0.4) is 0 Å². The molecule has 0 bridgehead atoms. The summed E-state index contributed by atoms with van der Waals surface area (Å²) in [5.74, 6) is -1.83. The van der Waals surface area contributed by atoms with Gasteiger partial charge < -0.3 is 44.8 Å². The van der Waals surface area contributed by atoms with E-state index in [1.54, 1.807) is 31.2 Å². The zero-order valence-electron chi connectivity index (χ0n) is 20.5. The Morgan fingerprint density at radius 2 is 1.55 bits per heavy atom.